The number of carbonyl (C=O) groups is 1. The molecule has 0 saturated carbocycles. The van der Waals surface area contributed by atoms with E-state index >= 15 is 0 Å². The van der Waals surface area contributed by atoms with E-state index in [0.717, 1.165) is 6.07 Å². The molecule has 0 aromatic heterocycles. The van der Waals surface area contributed by atoms with E-state index in [1.165, 1.54) is 12.1 Å². The summed E-state index contributed by atoms with van der Waals surface area (Å²) in [7, 11) is 1.58. The first kappa shape index (κ1) is 19.5. The first-order valence-electron chi connectivity index (χ1n) is 8.22. The minimum atomic E-state index is -4.34. The molecule has 1 heterocycles. The van der Waals surface area contributed by atoms with Gasteiger partial charge in [-0.3, -0.25) is 9.69 Å². The van der Waals surface area contributed by atoms with Gasteiger partial charge in [0.1, 0.15) is 0 Å². The fraction of sp³-hybridized carbons (Fsp3) is 0.588. The highest BCUT2D eigenvalue weighted by Gasteiger charge is 2.31. The van der Waals surface area contributed by atoms with Crippen LogP contribution in [0.5, 0.6) is 0 Å². The van der Waals surface area contributed by atoms with Crippen LogP contribution in [0.1, 0.15) is 12.5 Å². The number of benzene rings is 1. The number of anilines is 1. The highest BCUT2D eigenvalue weighted by atomic mass is 19.4. The van der Waals surface area contributed by atoms with Gasteiger partial charge in [-0.15, -0.1) is 0 Å². The number of nitrogens with zero attached hydrogens (tertiary/aromatic N) is 2. The molecular weight excluding hydrogens is 335 g/mol. The van der Waals surface area contributed by atoms with Crippen molar-refractivity contribution in [1.29, 1.82) is 0 Å². The van der Waals surface area contributed by atoms with E-state index in [4.69, 9.17) is 4.74 Å². The van der Waals surface area contributed by atoms with E-state index in [2.05, 4.69) is 5.32 Å². The lowest BCUT2D eigenvalue weighted by Gasteiger charge is -2.36. The number of amides is 1. The summed E-state index contributed by atoms with van der Waals surface area (Å²) in [5, 5.41) is 2.85. The van der Waals surface area contributed by atoms with Gasteiger partial charge in [-0.2, -0.15) is 13.2 Å². The number of nitrogens with one attached hydrogen (secondary N) is 1. The largest absolute Gasteiger partial charge is 0.416 e. The predicted octanol–water partition coefficient (Wildman–Crippen LogP) is 1.98. The predicted molar refractivity (Wildman–Crippen MR) is 89.6 cm³/mol. The smallest absolute Gasteiger partial charge is 0.383 e. The van der Waals surface area contributed by atoms with Crippen molar-refractivity contribution < 1.29 is 22.7 Å². The zero-order valence-electron chi connectivity index (χ0n) is 14.5. The lowest BCUT2D eigenvalue weighted by atomic mass is 10.1. The van der Waals surface area contributed by atoms with E-state index in [1.54, 1.807) is 13.2 Å². The summed E-state index contributed by atoms with van der Waals surface area (Å²) in [6.45, 7) is 5.03. The van der Waals surface area contributed by atoms with Crippen LogP contribution < -0.4 is 10.2 Å². The van der Waals surface area contributed by atoms with Gasteiger partial charge in [0, 0.05) is 45.0 Å². The average molecular weight is 359 g/mol. The molecule has 1 saturated heterocycles. The maximum absolute atomic E-state index is 12.8. The molecule has 1 aliphatic rings. The number of methoxy groups -OCH3 is 1. The zero-order chi connectivity index (χ0) is 18.4. The molecule has 1 unspecified atom stereocenters. The van der Waals surface area contributed by atoms with Crippen molar-refractivity contribution in [3.8, 4) is 0 Å². The Morgan fingerprint density at radius 3 is 2.56 bits per heavy atom. The van der Waals surface area contributed by atoms with E-state index in [1.807, 2.05) is 16.7 Å². The summed E-state index contributed by atoms with van der Waals surface area (Å²) in [5.74, 6) is -0.0722. The quantitative estimate of drug-likeness (QED) is 0.844. The number of alkyl halides is 3. The van der Waals surface area contributed by atoms with Gasteiger partial charge in [-0.1, -0.05) is 6.07 Å². The normalized spacial score (nSPS) is 17.4. The van der Waals surface area contributed by atoms with Crippen LogP contribution in [0, 0.1) is 0 Å². The molecule has 1 amide bonds. The van der Waals surface area contributed by atoms with Gasteiger partial charge in [-0.05, 0) is 25.1 Å². The van der Waals surface area contributed by atoms with Gasteiger partial charge in [0.25, 0.3) is 0 Å². The first-order valence-corrected chi connectivity index (χ1v) is 8.22. The van der Waals surface area contributed by atoms with Crippen LogP contribution in [0.15, 0.2) is 24.3 Å². The van der Waals surface area contributed by atoms with Crippen LogP contribution >= 0.6 is 0 Å². The molecule has 0 aliphatic carbocycles. The van der Waals surface area contributed by atoms with Gasteiger partial charge in [0.15, 0.2) is 0 Å². The zero-order valence-corrected chi connectivity index (χ0v) is 14.5. The molecule has 8 heteroatoms. The Balaban J connectivity index is 1.84. The van der Waals surface area contributed by atoms with Crippen molar-refractivity contribution in [2.75, 3.05) is 51.3 Å². The van der Waals surface area contributed by atoms with Gasteiger partial charge in [-0.25, -0.2) is 0 Å². The Hall–Kier alpha value is -1.80. The SMILES string of the molecule is COCC(C)NC(=O)CN1CCN(c2cccc(C(F)(F)F)c2)CC1. The van der Waals surface area contributed by atoms with Gasteiger partial charge < -0.3 is 15.0 Å². The molecule has 1 aromatic rings. The second-order valence-corrected chi connectivity index (χ2v) is 6.24. The van der Waals surface area contributed by atoms with Crippen molar-refractivity contribution >= 4 is 11.6 Å². The number of rotatable bonds is 6. The van der Waals surface area contributed by atoms with Crippen LogP contribution in [0.3, 0.4) is 0 Å². The van der Waals surface area contributed by atoms with Crippen LogP contribution in [-0.2, 0) is 15.7 Å². The molecular formula is C17H24F3N3O2. The highest BCUT2D eigenvalue weighted by Crippen LogP contribution is 2.31. The van der Waals surface area contributed by atoms with Crippen LogP contribution in [-0.4, -0.2) is 63.3 Å². The topological polar surface area (TPSA) is 44.8 Å². The van der Waals surface area contributed by atoms with Crippen LogP contribution in [0.25, 0.3) is 0 Å². The molecule has 25 heavy (non-hydrogen) atoms. The standard InChI is InChI=1S/C17H24F3N3O2/c1-13(12-25-2)21-16(24)11-22-6-8-23(9-7-22)15-5-3-4-14(10-15)17(18,19)20/h3-5,10,13H,6-9,11-12H2,1-2H3,(H,21,24). The summed E-state index contributed by atoms with van der Waals surface area (Å²) in [5.41, 5.74) is -0.0772. The molecule has 0 radical (unpaired) electrons. The number of hydrogen-bond donors (Lipinski definition) is 1. The highest BCUT2D eigenvalue weighted by molar-refractivity contribution is 5.78. The van der Waals surface area contributed by atoms with Gasteiger partial charge in [0.05, 0.1) is 18.7 Å². The lowest BCUT2D eigenvalue weighted by molar-refractivity contribution is -0.137. The van der Waals surface area contributed by atoms with Gasteiger partial charge >= 0.3 is 6.18 Å². The Labute approximate surface area is 145 Å². The number of piperazine rings is 1. The molecule has 5 nitrogen and oxygen atoms in total. The van der Waals surface area contributed by atoms with Crippen molar-refractivity contribution in [2.45, 2.75) is 19.1 Å². The Morgan fingerprint density at radius 1 is 1.28 bits per heavy atom. The van der Waals surface area contributed by atoms with Crippen molar-refractivity contribution in [3.63, 3.8) is 0 Å². The lowest BCUT2D eigenvalue weighted by Crippen LogP contribution is -2.50. The number of carbonyl (C=O) groups excluding carboxylic acids is 1. The molecule has 1 fully saturated rings. The summed E-state index contributed by atoms with van der Waals surface area (Å²) < 4.78 is 43.4. The second-order valence-electron chi connectivity index (χ2n) is 6.24. The summed E-state index contributed by atoms with van der Waals surface area (Å²) >= 11 is 0. The molecule has 0 bridgehead atoms. The summed E-state index contributed by atoms with van der Waals surface area (Å²) in [4.78, 5) is 15.9. The molecule has 140 valence electrons. The van der Waals surface area contributed by atoms with E-state index in [0.29, 0.717) is 38.5 Å². The van der Waals surface area contributed by atoms with E-state index in [-0.39, 0.29) is 18.5 Å². The number of halogens is 3. The third kappa shape index (κ3) is 5.89. The van der Waals surface area contributed by atoms with Crippen LogP contribution in [0.2, 0.25) is 0 Å². The summed E-state index contributed by atoms with van der Waals surface area (Å²) in [6.07, 6.45) is -4.34. The van der Waals surface area contributed by atoms with Gasteiger partial charge in [0.2, 0.25) is 5.91 Å². The third-order valence-electron chi connectivity index (χ3n) is 4.10. The van der Waals surface area contributed by atoms with E-state index < -0.39 is 11.7 Å². The molecule has 1 aliphatic heterocycles. The summed E-state index contributed by atoms with van der Waals surface area (Å²) in [6, 6.07) is 5.31. The minimum Gasteiger partial charge on any atom is -0.383 e. The maximum Gasteiger partial charge on any atom is 0.416 e. The Morgan fingerprint density at radius 2 is 1.96 bits per heavy atom. The number of ether oxygens (including phenoxy) is 1. The fourth-order valence-corrected chi connectivity index (χ4v) is 2.86. The molecule has 1 atom stereocenters. The molecule has 0 spiro atoms. The van der Waals surface area contributed by atoms with Crippen molar-refractivity contribution in [2.24, 2.45) is 0 Å². The molecule has 1 aromatic carbocycles. The molecule has 1 N–H and O–H groups in total. The Bertz CT molecular complexity index is 573. The third-order valence-corrected chi connectivity index (χ3v) is 4.10. The minimum absolute atomic E-state index is 0.0519. The first-order chi connectivity index (χ1) is 11.8. The van der Waals surface area contributed by atoms with Crippen molar-refractivity contribution in [3.05, 3.63) is 29.8 Å². The second kappa shape index (κ2) is 8.53. The maximum atomic E-state index is 12.8. The van der Waals surface area contributed by atoms with Crippen LogP contribution in [0.4, 0.5) is 18.9 Å². The van der Waals surface area contributed by atoms with E-state index in [9.17, 15) is 18.0 Å². The average Bonchev–Trinajstić information content (AvgIpc) is 2.55. The van der Waals surface area contributed by atoms with Crippen molar-refractivity contribution in [1.82, 2.24) is 10.2 Å². The monoisotopic (exact) mass is 359 g/mol. The fourth-order valence-electron chi connectivity index (χ4n) is 2.86. The number of hydrogen-bond acceptors (Lipinski definition) is 4. The Kier molecular flexibility index (Phi) is 6.66. The molecule has 2 rings (SSSR count).